The molecule has 2 aromatic rings. The summed E-state index contributed by atoms with van der Waals surface area (Å²) in [6.45, 7) is 4.14. The second-order valence-corrected chi connectivity index (χ2v) is 5.66. The van der Waals surface area contributed by atoms with Gasteiger partial charge >= 0.3 is 0 Å². The molecular weight excluding hydrogens is 254 g/mol. The first-order valence-corrected chi connectivity index (χ1v) is 6.98. The van der Waals surface area contributed by atoms with Gasteiger partial charge in [-0.05, 0) is 49.4 Å². The largest absolute Gasteiger partial charge is 0.327 e. The topological polar surface area (TPSA) is 26.0 Å². The van der Waals surface area contributed by atoms with Gasteiger partial charge in [0.2, 0.25) is 0 Å². The van der Waals surface area contributed by atoms with Crippen LogP contribution < -0.4 is 5.73 Å². The summed E-state index contributed by atoms with van der Waals surface area (Å²) in [4.78, 5) is 0. The molecule has 100 valence electrons. The number of benzene rings is 2. The van der Waals surface area contributed by atoms with E-state index in [2.05, 4.69) is 43.3 Å². The first kappa shape index (κ1) is 14.1. The van der Waals surface area contributed by atoms with Gasteiger partial charge < -0.3 is 5.73 Å². The van der Waals surface area contributed by atoms with Crippen molar-refractivity contribution in [1.29, 1.82) is 0 Å². The summed E-state index contributed by atoms with van der Waals surface area (Å²) in [5.41, 5.74) is 11.1. The third-order valence-corrected chi connectivity index (χ3v) is 3.66. The highest BCUT2D eigenvalue weighted by atomic mass is 35.5. The standard InChI is InChI=1S/C17H20ClN/c1-12-3-6-14(7-4-12)10-16(19)11-15-8-5-13(2)9-17(15)18/h3-9,16H,10-11,19H2,1-2H3. The zero-order valence-electron chi connectivity index (χ0n) is 11.5. The van der Waals surface area contributed by atoms with Crippen LogP contribution >= 0.6 is 11.6 Å². The van der Waals surface area contributed by atoms with E-state index in [-0.39, 0.29) is 6.04 Å². The summed E-state index contributed by atoms with van der Waals surface area (Å²) in [6.07, 6.45) is 1.69. The number of rotatable bonds is 4. The predicted molar refractivity (Wildman–Crippen MR) is 82.8 cm³/mol. The average molecular weight is 274 g/mol. The molecule has 0 aliphatic carbocycles. The number of halogens is 1. The molecule has 2 N–H and O–H groups in total. The first-order valence-electron chi connectivity index (χ1n) is 6.61. The maximum absolute atomic E-state index is 6.24. The normalized spacial score (nSPS) is 12.4. The lowest BCUT2D eigenvalue weighted by molar-refractivity contribution is 0.665. The third kappa shape index (κ3) is 4.09. The molecule has 0 radical (unpaired) electrons. The minimum absolute atomic E-state index is 0.0999. The SMILES string of the molecule is Cc1ccc(CC(N)Cc2ccc(C)cc2Cl)cc1. The van der Waals surface area contributed by atoms with Crippen molar-refractivity contribution >= 4 is 11.6 Å². The zero-order chi connectivity index (χ0) is 13.8. The lowest BCUT2D eigenvalue weighted by Gasteiger charge is -2.13. The summed E-state index contributed by atoms with van der Waals surface area (Å²) >= 11 is 6.24. The van der Waals surface area contributed by atoms with Crippen LogP contribution in [0.15, 0.2) is 42.5 Å². The van der Waals surface area contributed by atoms with E-state index in [0.717, 1.165) is 23.4 Å². The molecule has 0 fully saturated rings. The lowest BCUT2D eigenvalue weighted by atomic mass is 9.98. The van der Waals surface area contributed by atoms with Gasteiger partial charge in [0.15, 0.2) is 0 Å². The summed E-state index contributed by atoms with van der Waals surface area (Å²) < 4.78 is 0. The van der Waals surface area contributed by atoms with Crippen LogP contribution in [-0.2, 0) is 12.8 Å². The van der Waals surface area contributed by atoms with Gasteiger partial charge in [0.1, 0.15) is 0 Å². The van der Waals surface area contributed by atoms with E-state index in [0.29, 0.717) is 0 Å². The van der Waals surface area contributed by atoms with Gasteiger partial charge in [-0.15, -0.1) is 0 Å². The molecule has 2 heteroatoms. The van der Waals surface area contributed by atoms with Crippen LogP contribution in [0.1, 0.15) is 22.3 Å². The van der Waals surface area contributed by atoms with Gasteiger partial charge in [-0.25, -0.2) is 0 Å². The molecule has 0 heterocycles. The molecule has 1 nitrogen and oxygen atoms in total. The van der Waals surface area contributed by atoms with E-state index >= 15 is 0 Å². The fourth-order valence-electron chi connectivity index (χ4n) is 2.20. The minimum atomic E-state index is 0.0999. The highest BCUT2D eigenvalue weighted by molar-refractivity contribution is 6.31. The molecule has 2 rings (SSSR count). The van der Waals surface area contributed by atoms with E-state index in [1.165, 1.54) is 16.7 Å². The third-order valence-electron chi connectivity index (χ3n) is 3.31. The van der Waals surface area contributed by atoms with Crippen LogP contribution in [-0.4, -0.2) is 6.04 Å². The molecule has 0 aliphatic rings. The molecule has 0 spiro atoms. The molecule has 1 unspecified atom stereocenters. The Kier molecular flexibility index (Phi) is 4.62. The number of hydrogen-bond acceptors (Lipinski definition) is 1. The van der Waals surface area contributed by atoms with E-state index in [9.17, 15) is 0 Å². The first-order chi connectivity index (χ1) is 9.04. The molecular formula is C17H20ClN. The summed E-state index contributed by atoms with van der Waals surface area (Å²) in [7, 11) is 0. The van der Waals surface area contributed by atoms with Crippen molar-refractivity contribution in [3.05, 3.63) is 69.7 Å². The zero-order valence-corrected chi connectivity index (χ0v) is 12.2. The fraction of sp³-hybridized carbons (Fsp3) is 0.294. The quantitative estimate of drug-likeness (QED) is 0.893. The minimum Gasteiger partial charge on any atom is -0.327 e. The van der Waals surface area contributed by atoms with Gasteiger partial charge in [-0.2, -0.15) is 0 Å². The van der Waals surface area contributed by atoms with Crippen molar-refractivity contribution in [3.8, 4) is 0 Å². The Balaban J connectivity index is 2.01. The Morgan fingerprint density at radius 1 is 0.947 bits per heavy atom. The Hall–Kier alpha value is -1.31. The molecule has 0 aromatic heterocycles. The van der Waals surface area contributed by atoms with E-state index in [1.807, 2.05) is 13.0 Å². The van der Waals surface area contributed by atoms with Crippen molar-refractivity contribution in [2.24, 2.45) is 5.73 Å². The Morgan fingerprint density at radius 3 is 2.21 bits per heavy atom. The number of aryl methyl sites for hydroxylation is 2. The average Bonchev–Trinajstić information content (AvgIpc) is 2.36. The lowest BCUT2D eigenvalue weighted by Crippen LogP contribution is -2.25. The highest BCUT2D eigenvalue weighted by Crippen LogP contribution is 2.19. The van der Waals surface area contributed by atoms with Gasteiger partial charge in [-0.3, -0.25) is 0 Å². The maximum Gasteiger partial charge on any atom is 0.0441 e. The second-order valence-electron chi connectivity index (χ2n) is 5.25. The predicted octanol–water partition coefficient (Wildman–Crippen LogP) is 4.07. The van der Waals surface area contributed by atoms with E-state index in [1.54, 1.807) is 0 Å². The smallest absolute Gasteiger partial charge is 0.0441 e. The van der Waals surface area contributed by atoms with Crippen molar-refractivity contribution in [1.82, 2.24) is 0 Å². The number of nitrogens with two attached hydrogens (primary N) is 1. The Labute approximate surface area is 120 Å². The van der Waals surface area contributed by atoms with E-state index < -0.39 is 0 Å². The molecule has 2 aromatic carbocycles. The van der Waals surface area contributed by atoms with Gasteiger partial charge in [0.05, 0.1) is 0 Å². The molecule has 19 heavy (non-hydrogen) atoms. The van der Waals surface area contributed by atoms with Gasteiger partial charge in [-0.1, -0.05) is 53.6 Å². The van der Waals surface area contributed by atoms with Crippen LogP contribution in [0.25, 0.3) is 0 Å². The molecule has 1 atom stereocenters. The number of hydrogen-bond donors (Lipinski definition) is 1. The monoisotopic (exact) mass is 273 g/mol. The summed E-state index contributed by atoms with van der Waals surface area (Å²) in [5, 5.41) is 0.819. The summed E-state index contributed by atoms with van der Waals surface area (Å²) in [6, 6.07) is 14.8. The van der Waals surface area contributed by atoms with Crippen LogP contribution in [0.2, 0.25) is 5.02 Å². The Morgan fingerprint density at radius 2 is 1.58 bits per heavy atom. The highest BCUT2D eigenvalue weighted by Gasteiger charge is 2.08. The second kappa shape index (κ2) is 6.23. The molecule has 0 amide bonds. The molecule has 0 aliphatic heterocycles. The molecule has 0 bridgehead atoms. The maximum atomic E-state index is 6.24. The van der Waals surface area contributed by atoms with Crippen LogP contribution in [0.3, 0.4) is 0 Å². The van der Waals surface area contributed by atoms with Crippen LogP contribution in [0.4, 0.5) is 0 Å². The van der Waals surface area contributed by atoms with E-state index in [4.69, 9.17) is 17.3 Å². The van der Waals surface area contributed by atoms with Crippen molar-refractivity contribution in [2.45, 2.75) is 32.7 Å². The molecule has 0 saturated heterocycles. The van der Waals surface area contributed by atoms with Crippen molar-refractivity contribution < 1.29 is 0 Å². The van der Waals surface area contributed by atoms with Crippen molar-refractivity contribution in [2.75, 3.05) is 0 Å². The van der Waals surface area contributed by atoms with Crippen molar-refractivity contribution in [3.63, 3.8) is 0 Å². The van der Waals surface area contributed by atoms with Gasteiger partial charge in [0, 0.05) is 11.1 Å². The van der Waals surface area contributed by atoms with Gasteiger partial charge in [0.25, 0.3) is 0 Å². The van der Waals surface area contributed by atoms with Crippen LogP contribution in [0.5, 0.6) is 0 Å². The fourth-order valence-corrected chi connectivity index (χ4v) is 2.51. The molecule has 0 saturated carbocycles. The Bertz CT molecular complexity index is 546. The summed E-state index contributed by atoms with van der Waals surface area (Å²) in [5.74, 6) is 0. The van der Waals surface area contributed by atoms with Crippen LogP contribution in [0, 0.1) is 13.8 Å².